The van der Waals surface area contributed by atoms with Crippen LogP contribution in [0.2, 0.25) is 0 Å². The zero-order valence-corrected chi connectivity index (χ0v) is 14.7. The fourth-order valence-corrected chi connectivity index (χ4v) is 3.60. The molecule has 2 amide bonds. The van der Waals surface area contributed by atoms with Gasteiger partial charge < -0.3 is 19.3 Å². The molecule has 2 aliphatic rings. The van der Waals surface area contributed by atoms with Crippen LogP contribution in [0.5, 0.6) is 11.5 Å². The first kappa shape index (κ1) is 16.4. The van der Waals surface area contributed by atoms with Gasteiger partial charge in [0.05, 0.1) is 19.3 Å². The number of hydrogen-bond acceptors (Lipinski definition) is 4. The van der Waals surface area contributed by atoms with E-state index in [1.807, 2.05) is 24.3 Å². The third-order valence-electron chi connectivity index (χ3n) is 5.00. The Morgan fingerprint density at radius 3 is 2.62 bits per heavy atom. The van der Waals surface area contributed by atoms with E-state index >= 15 is 0 Å². The summed E-state index contributed by atoms with van der Waals surface area (Å²) in [6, 6.07) is 13.9. The highest BCUT2D eigenvalue weighted by Gasteiger charge is 2.44. The van der Waals surface area contributed by atoms with Crippen molar-refractivity contribution in [3.8, 4) is 11.5 Å². The summed E-state index contributed by atoms with van der Waals surface area (Å²) in [5, 5.41) is 0. The lowest BCUT2D eigenvalue weighted by Gasteiger charge is -2.29. The van der Waals surface area contributed by atoms with Gasteiger partial charge >= 0.3 is 0 Å². The van der Waals surface area contributed by atoms with Crippen molar-refractivity contribution in [1.29, 1.82) is 0 Å². The average Bonchev–Trinajstić information content (AvgIpc) is 3.11. The molecule has 2 heterocycles. The Morgan fingerprint density at radius 1 is 1.15 bits per heavy atom. The monoisotopic (exact) mass is 352 g/mol. The third-order valence-corrected chi connectivity index (χ3v) is 5.00. The van der Waals surface area contributed by atoms with Crippen molar-refractivity contribution in [3.05, 3.63) is 54.1 Å². The normalized spacial score (nSPS) is 21.5. The van der Waals surface area contributed by atoms with Crippen molar-refractivity contribution >= 4 is 17.5 Å². The summed E-state index contributed by atoms with van der Waals surface area (Å²) in [4.78, 5) is 29.2. The van der Waals surface area contributed by atoms with Gasteiger partial charge in [-0.05, 0) is 36.4 Å². The number of anilines is 1. The average molecular weight is 352 g/mol. The summed E-state index contributed by atoms with van der Waals surface area (Å²) in [7, 11) is 3.30. The molecule has 2 aromatic rings. The van der Waals surface area contributed by atoms with Gasteiger partial charge in [-0.3, -0.25) is 9.59 Å². The Kier molecular flexibility index (Phi) is 4.03. The number of methoxy groups -OCH3 is 1. The van der Waals surface area contributed by atoms with Crippen molar-refractivity contribution < 1.29 is 19.1 Å². The van der Waals surface area contributed by atoms with Gasteiger partial charge in [0, 0.05) is 19.0 Å². The number of rotatable bonds is 2. The van der Waals surface area contributed by atoms with Crippen LogP contribution < -0.4 is 14.4 Å². The molecule has 1 fully saturated rings. The largest absolute Gasteiger partial charge is 0.497 e. The van der Waals surface area contributed by atoms with Gasteiger partial charge in [-0.25, -0.2) is 0 Å². The maximum Gasteiger partial charge on any atom is 0.254 e. The van der Waals surface area contributed by atoms with E-state index in [0.717, 1.165) is 5.69 Å². The van der Waals surface area contributed by atoms with Gasteiger partial charge in [-0.1, -0.05) is 12.1 Å². The van der Waals surface area contributed by atoms with E-state index in [1.165, 1.54) is 0 Å². The maximum atomic E-state index is 13.0. The number of hydrogen-bond donors (Lipinski definition) is 0. The second kappa shape index (κ2) is 6.37. The number of amides is 2. The Labute approximate surface area is 151 Å². The highest BCUT2D eigenvalue weighted by atomic mass is 16.5. The van der Waals surface area contributed by atoms with E-state index in [9.17, 15) is 9.59 Å². The number of likely N-dealkylation sites (tertiary alicyclic amines) is 1. The molecule has 4 rings (SSSR count). The van der Waals surface area contributed by atoms with Gasteiger partial charge in [0.2, 0.25) is 5.91 Å². The maximum absolute atomic E-state index is 13.0. The summed E-state index contributed by atoms with van der Waals surface area (Å²) in [5.74, 6) is 1.09. The van der Waals surface area contributed by atoms with Crippen LogP contribution in [-0.2, 0) is 4.79 Å². The summed E-state index contributed by atoms with van der Waals surface area (Å²) >= 11 is 0. The molecule has 6 nitrogen and oxygen atoms in total. The number of likely N-dealkylation sites (N-methyl/N-ethyl adjacent to an activating group) is 1. The molecule has 0 N–H and O–H groups in total. The lowest BCUT2D eigenvalue weighted by molar-refractivity contribution is -0.122. The second-order valence-corrected chi connectivity index (χ2v) is 6.54. The van der Waals surface area contributed by atoms with Gasteiger partial charge in [-0.15, -0.1) is 0 Å². The van der Waals surface area contributed by atoms with Gasteiger partial charge in [0.15, 0.2) is 0 Å². The molecular weight excluding hydrogens is 332 g/mol. The predicted octanol–water partition coefficient (Wildman–Crippen LogP) is 2.33. The molecule has 0 unspecified atom stereocenters. The molecule has 0 aliphatic carbocycles. The van der Waals surface area contributed by atoms with E-state index in [2.05, 4.69) is 0 Å². The van der Waals surface area contributed by atoms with E-state index < -0.39 is 6.04 Å². The quantitative estimate of drug-likeness (QED) is 0.832. The van der Waals surface area contributed by atoms with Crippen molar-refractivity contribution in [2.24, 2.45) is 0 Å². The highest BCUT2D eigenvalue weighted by molar-refractivity contribution is 6.03. The first-order valence-corrected chi connectivity index (χ1v) is 8.57. The first-order valence-electron chi connectivity index (χ1n) is 8.57. The van der Waals surface area contributed by atoms with Crippen molar-refractivity contribution in [1.82, 2.24) is 4.90 Å². The number of carbonyl (C=O) groups is 2. The van der Waals surface area contributed by atoms with Crippen LogP contribution in [-0.4, -0.2) is 49.6 Å². The fraction of sp³-hybridized carbons (Fsp3) is 0.300. The molecule has 26 heavy (non-hydrogen) atoms. The molecule has 2 aliphatic heterocycles. The van der Waals surface area contributed by atoms with Crippen LogP contribution in [0, 0.1) is 0 Å². The third kappa shape index (κ3) is 2.67. The van der Waals surface area contributed by atoms with Crippen LogP contribution in [0.15, 0.2) is 48.5 Å². The van der Waals surface area contributed by atoms with Crippen LogP contribution >= 0.6 is 0 Å². The summed E-state index contributed by atoms with van der Waals surface area (Å²) in [6.45, 7) is 0.392. The molecular formula is C20H20N2O4. The number of ether oxygens (including phenoxy) is 2. The first-order chi connectivity index (χ1) is 12.6. The smallest absolute Gasteiger partial charge is 0.254 e. The minimum atomic E-state index is -0.520. The Hall–Kier alpha value is -3.02. The van der Waals surface area contributed by atoms with E-state index in [4.69, 9.17) is 9.47 Å². The number of carbonyl (C=O) groups excluding carboxylic acids is 2. The number of para-hydroxylation sites is 2. The van der Waals surface area contributed by atoms with Gasteiger partial charge in [-0.2, -0.15) is 0 Å². The molecule has 1 saturated heterocycles. The molecule has 0 saturated carbocycles. The lowest BCUT2D eigenvalue weighted by atomic mass is 10.1. The molecule has 6 heteroatoms. The molecule has 0 aromatic heterocycles. The molecule has 134 valence electrons. The van der Waals surface area contributed by atoms with Crippen molar-refractivity contribution in [2.75, 3.05) is 25.6 Å². The standard InChI is InChI=1S/C20H20N2O4/c1-21-16-5-3-4-6-18(16)26-15-11-17(20(21)24)22(12-15)19(23)13-7-9-14(25-2)10-8-13/h3-10,15,17H,11-12H2,1-2H3/t15-,17-/m0/s1. The Morgan fingerprint density at radius 2 is 1.88 bits per heavy atom. The van der Waals surface area contributed by atoms with Crippen LogP contribution in [0.1, 0.15) is 16.8 Å². The fourth-order valence-electron chi connectivity index (χ4n) is 3.60. The van der Waals surface area contributed by atoms with Gasteiger partial charge in [0.25, 0.3) is 5.91 Å². The zero-order valence-electron chi connectivity index (χ0n) is 14.7. The van der Waals surface area contributed by atoms with Crippen LogP contribution in [0.4, 0.5) is 5.69 Å². The minimum Gasteiger partial charge on any atom is -0.497 e. The van der Waals surface area contributed by atoms with Crippen molar-refractivity contribution in [3.63, 3.8) is 0 Å². The zero-order chi connectivity index (χ0) is 18.3. The topological polar surface area (TPSA) is 59.1 Å². The molecule has 0 radical (unpaired) electrons. The summed E-state index contributed by atoms with van der Waals surface area (Å²) in [6.07, 6.45) is 0.306. The molecule has 0 spiro atoms. The Balaban J connectivity index is 1.64. The number of benzene rings is 2. The molecule has 2 aromatic carbocycles. The van der Waals surface area contributed by atoms with Gasteiger partial charge in [0.1, 0.15) is 23.6 Å². The number of nitrogens with zero attached hydrogens (tertiary/aromatic N) is 2. The lowest BCUT2D eigenvalue weighted by Crippen LogP contribution is -2.46. The van der Waals surface area contributed by atoms with Crippen LogP contribution in [0.25, 0.3) is 0 Å². The Bertz CT molecular complexity index is 849. The molecule has 2 atom stereocenters. The van der Waals surface area contributed by atoms with E-state index in [-0.39, 0.29) is 17.9 Å². The predicted molar refractivity (Wildman–Crippen MR) is 96.7 cm³/mol. The van der Waals surface area contributed by atoms with Crippen molar-refractivity contribution in [2.45, 2.75) is 18.6 Å². The summed E-state index contributed by atoms with van der Waals surface area (Å²) < 4.78 is 11.2. The molecule has 2 bridgehead atoms. The SMILES string of the molecule is COc1ccc(C(=O)N2C[C@@H]3C[C@H]2C(=O)N(C)c2ccccc2O3)cc1. The minimum absolute atomic E-state index is 0.0925. The van der Waals surface area contributed by atoms with E-state index in [0.29, 0.717) is 30.0 Å². The highest BCUT2D eigenvalue weighted by Crippen LogP contribution is 2.35. The summed E-state index contributed by atoms with van der Waals surface area (Å²) in [5.41, 5.74) is 1.26. The number of fused-ring (bicyclic) bond motifs is 3. The van der Waals surface area contributed by atoms with E-state index in [1.54, 1.807) is 48.2 Å². The second-order valence-electron chi connectivity index (χ2n) is 6.54. The van der Waals surface area contributed by atoms with Crippen LogP contribution in [0.3, 0.4) is 0 Å².